The first-order chi connectivity index (χ1) is 7.16. The summed E-state index contributed by atoms with van der Waals surface area (Å²) < 4.78 is 14.4. The third-order valence-corrected chi connectivity index (χ3v) is 3.69. The third-order valence-electron chi connectivity index (χ3n) is 2.76. The molecular weight excluding hydrogens is 280 g/mol. The van der Waals surface area contributed by atoms with E-state index in [-0.39, 0.29) is 5.82 Å². The lowest BCUT2D eigenvalue weighted by Gasteiger charge is -2.11. The number of rotatable bonds is 2. The largest absolute Gasteiger partial charge is 0.316 e. The van der Waals surface area contributed by atoms with Gasteiger partial charge in [0.15, 0.2) is 0 Å². The lowest BCUT2D eigenvalue weighted by atomic mass is 9.98. The Morgan fingerprint density at radius 2 is 2.33 bits per heavy atom. The molecule has 4 heteroatoms. The van der Waals surface area contributed by atoms with E-state index in [1.54, 1.807) is 6.07 Å². The Labute approximate surface area is 102 Å². The minimum Gasteiger partial charge on any atom is -0.316 e. The zero-order valence-electron chi connectivity index (χ0n) is 8.19. The zero-order chi connectivity index (χ0) is 10.8. The van der Waals surface area contributed by atoms with Crippen LogP contribution in [0.3, 0.4) is 0 Å². The smallest absolute Gasteiger partial charge is 0.129 e. The first kappa shape index (κ1) is 11.4. The molecule has 0 aromatic heterocycles. The van der Waals surface area contributed by atoms with Gasteiger partial charge in [0.2, 0.25) is 0 Å². The van der Waals surface area contributed by atoms with E-state index < -0.39 is 0 Å². The highest BCUT2D eigenvalue weighted by atomic mass is 79.9. The number of nitrogens with one attached hydrogen (secondary N) is 1. The van der Waals surface area contributed by atoms with Crippen molar-refractivity contribution >= 4 is 27.5 Å². The fraction of sp³-hybridized carbons (Fsp3) is 0.455. The molecule has 82 valence electrons. The predicted molar refractivity (Wildman–Crippen MR) is 63.8 cm³/mol. The van der Waals surface area contributed by atoms with Gasteiger partial charge in [-0.15, -0.1) is 0 Å². The van der Waals surface area contributed by atoms with Crippen LogP contribution < -0.4 is 5.32 Å². The molecule has 1 heterocycles. The summed E-state index contributed by atoms with van der Waals surface area (Å²) >= 11 is 9.12. The lowest BCUT2D eigenvalue weighted by molar-refractivity contribution is 0.542. The average Bonchev–Trinajstić information content (AvgIpc) is 2.63. The Bertz CT molecular complexity index is 341. The summed E-state index contributed by atoms with van der Waals surface area (Å²) in [6.07, 6.45) is 1.89. The number of halogens is 3. The fourth-order valence-corrected chi connectivity index (χ4v) is 2.88. The number of hydrogen-bond acceptors (Lipinski definition) is 1. The fourth-order valence-electron chi connectivity index (χ4n) is 1.94. The quantitative estimate of drug-likeness (QED) is 0.881. The molecular formula is C11H12BrClFN. The summed E-state index contributed by atoms with van der Waals surface area (Å²) in [6.45, 7) is 2.02. The summed E-state index contributed by atoms with van der Waals surface area (Å²) in [6, 6.07) is 3.13. The van der Waals surface area contributed by atoms with Crippen LogP contribution in [-0.4, -0.2) is 13.1 Å². The molecule has 1 aromatic rings. The van der Waals surface area contributed by atoms with E-state index >= 15 is 0 Å². The summed E-state index contributed by atoms with van der Waals surface area (Å²) in [5.74, 6) is 0.332. The first-order valence-electron chi connectivity index (χ1n) is 5.01. The summed E-state index contributed by atoms with van der Waals surface area (Å²) in [7, 11) is 0. The van der Waals surface area contributed by atoms with Gasteiger partial charge in [0, 0.05) is 15.1 Å². The third kappa shape index (κ3) is 2.71. The monoisotopic (exact) mass is 291 g/mol. The number of hydrogen-bond donors (Lipinski definition) is 1. The van der Waals surface area contributed by atoms with Gasteiger partial charge < -0.3 is 5.32 Å². The van der Waals surface area contributed by atoms with E-state index in [0.29, 0.717) is 10.9 Å². The molecule has 1 unspecified atom stereocenters. The molecule has 1 atom stereocenters. The van der Waals surface area contributed by atoms with Crippen molar-refractivity contribution in [3.8, 4) is 0 Å². The Hall–Kier alpha value is -0.120. The number of benzene rings is 1. The second-order valence-electron chi connectivity index (χ2n) is 3.91. The Morgan fingerprint density at radius 1 is 1.53 bits per heavy atom. The van der Waals surface area contributed by atoms with Crippen molar-refractivity contribution in [3.63, 3.8) is 0 Å². The highest BCUT2D eigenvalue weighted by molar-refractivity contribution is 9.10. The molecule has 1 aromatic carbocycles. The van der Waals surface area contributed by atoms with Crippen molar-refractivity contribution in [2.75, 3.05) is 13.1 Å². The van der Waals surface area contributed by atoms with E-state index in [1.165, 1.54) is 6.07 Å². The van der Waals surface area contributed by atoms with Crippen LogP contribution in [0.15, 0.2) is 16.6 Å². The van der Waals surface area contributed by atoms with Gasteiger partial charge in [-0.2, -0.15) is 0 Å². The Morgan fingerprint density at radius 3 is 2.93 bits per heavy atom. The highest BCUT2D eigenvalue weighted by Crippen LogP contribution is 2.28. The van der Waals surface area contributed by atoms with Crippen molar-refractivity contribution in [1.29, 1.82) is 0 Å². The van der Waals surface area contributed by atoms with Gasteiger partial charge in [0.25, 0.3) is 0 Å². The van der Waals surface area contributed by atoms with Gasteiger partial charge in [-0.3, -0.25) is 0 Å². The van der Waals surface area contributed by atoms with E-state index in [1.807, 2.05) is 0 Å². The second-order valence-corrected chi connectivity index (χ2v) is 5.20. The van der Waals surface area contributed by atoms with Crippen molar-refractivity contribution in [2.24, 2.45) is 5.92 Å². The molecule has 0 radical (unpaired) electrons. The van der Waals surface area contributed by atoms with Crippen LogP contribution in [0.2, 0.25) is 5.02 Å². The van der Waals surface area contributed by atoms with Gasteiger partial charge >= 0.3 is 0 Å². The van der Waals surface area contributed by atoms with Crippen LogP contribution in [-0.2, 0) is 6.42 Å². The first-order valence-corrected chi connectivity index (χ1v) is 6.18. The van der Waals surface area contributed by atoms with E-state index in [0.717, 1.165) is 36.0 Å². The molecule has 1 saturated heterocycles. The summed E-state index contributed by atoms with van der Waals surface area (Å²) in [4.78, 5) is 0. The molecule has 1 N–H and O–H groups in total. The molecule has 1 nitrogen and oxygen atoms in total. The van der Waals surface area contributed by atoms with Gasteiger partial charge in [-0.05, 0) is 44.0 Å². The molecule has 2 rings (SSSR count). The molecule has 0 amide bonds. The van der Waals surface area contributed by atoms with Crippen LogP contribution >= 0.6 is 27.5 Å². The zero-order valence-corrected chi connectivity index (χ0v) is 10.5. The maximum atomic E-state index is 13.6. The minimum absolute atomic E-state index is 0.207. The van der Waals surface area contributed by atoms with Crippen LogP contribution in [0.5, 0.6) is 0 Å². The molecule has 15 heavy (non-hydrogen) atoms. The molecule has 0 spiro atoms. The van der Waals surface area contributed by atoms with Crippen LogP contribution in [0, 0.1) is 11.7 Å². The van der Waals surface area contributed by atoms with Gasteiger partial charge in [0.05, 0.1) is 0 Å². The predicted octanol–water partition coefficient (Wildman–Crippen LogP) is 3.39. The van der Waals surface area contributed by atoms with E-state index in [4.69, 9.17) is 11.6 Å². The highest BCUT2D eigenvalue weighted by Gasteiger charge is 2.18. The van der Waals surface area contributed by atoms with Crippen molar-refractivity contribution in [2.45, 2.75) is 12.8 Å². The molecule has 1 aliphatic heterocycles. The van der Waals surface area contributed by atoms with Crippen molar-refractivity contribution in [3.05, 3.63) is 33.0 Å². The van der Waals surface area contributed by atoms with Crippen LogP contribution in [0.4, 0.5) is 4.39 Å². The Balaban J connectivity index is 2.19. The minimum atomic E-state index is -0.207. The molecule has 0 saturated carbocycles. The van der Waals surface area contributed by atoms with Crippen molar-refractivity contribution in [1.82, 2.24) is 5.32 Å². The SMILES string of the molecule is Fc1cc(Cl)cc(Br)c1CC1CCNC1. The lowest BCUT2D eigenvalue weighted by Crippen LogP contribution is -2.11. The van der Waals surface area contributed by atoms with E-state index in [2.05, 4.69) is 21.2 Å². The summed E-state index contributed by atoms with van der Waals surface area (Å²) in [5.41, 5.74) is 0.744. The van der Waals surface area contributed by atoms with Crippen molar-refractivity contribution < 1.29 is 4.39 Å². The maximum Gasteiger partial charge on any atom is 0.129 e. The Kier molecular flexibility index (Phi) is 3.65. The van der Waals surface area contributed by atoms with Crippen LogP contribution in [0.25, 0.3) is 0 Å². The topological polar surface area (TPSA) is 12.0 Å². The normalized spacial score (nSPS) is 20.9. The average molecular weight is 293 g/mol. The molecule has 0 bridgehead atoms. The molecule has 1 aliphatic rings. The van der Waals surface area contributed by atoms with E-state index in [9.17, 15) is 4.39 Å². The van der Waals surface area contributed by atoms with Gasteiger partial charge in [0.1, 0.15) is 5.82 Å². The molecule has 0 aliphatic carbocycles. The maximum absolute atomic E-state index is 13.6. The second kappa shape index (κ2) is 4.81. The standard InChI is InChI=1S/C11H12BrClFN/c12-10-4-8(13)5-11(14)9(10)3-7-1-2-15-6-7/h4-5,7,15H,1-3,6H2. The molecule has 1 fully saturated rings. The van der Waals surface area contributed by atoms with Gasteiger partial charge in [-0.1, -0.05) is 27.5 Å². The summed E-state index contributed by atoms with van der Waals surface area (Å²) in [5, 5.41) is 3.72. The van der Waals surface area contributed by atoms with Crippen LogP contribution in [0.1, 0.15) is 12.0 Å². The van der Waals surface area contributed by atoms with Gasteiger partial charge in [-0.25, -0.2) is 4.39 Å².